The van der Waals surface area contributed by atoms with Crippen molar-refractivity contribution in [2.24, 2.45) is 0 Å². The fraction of sp³-hybridized carbons (Fsp3) is 0.308. The van der Waals surface area contributed by atoms with Crippen LogP contribution in [0.5, 0.6) is 5.75 Å². The summed E-state index contributed by atoms with van der Waals surface area (Å²) in [6.07, 6.45) is -2.20. The Morgan fingerprint density at radius 3 is 2.70 bits per heavy atom. The summed E-state index contributed by atoms with van der Waals surface area (Å²) in [5.41, 5.74) is 1.31. The molecule has 4 nitrogen and oxygen atoms in total. The van der Waals surface area contributed by atoms with Gasteiger partial charge < -0.3 is 14.6 Å². The monoisotopic (exact) mass is 290 g/mol. The van der Waals surface area contributed by atoms with E-state index in [0.717, 1.165) is 11.6 Å². The number of aliphatic carboxylic acids is 1. The predicted molar refractivity (Wildman–Crippen MR) is 65.4 cm³/mol. The lowest BCUT2D eigenvalue weighted by Crippen LogP contribution is -2.19. The number of carboxylic acids is 1. The van der Waals surface area contributed by atoms with Crippen molar-refractivity contribution in [2.75, 3.05) is 13.4 Å². The molecule has 0 spiro atoms. The van der Waals surface area contributed by atoms with Gasteiger partial charge in [0.1, 0.15) is 12.4 Å². The van der Waals surface area contributed by atoms with E-state index >= 15 is 0 Å². The average molecular weight is 290 g/mol. The second-order valence-electron chi connectivity index (χ2n) is 3.94. The number of halogens is 3. The highest BCUT2D eigenvalue weighted by molar-refractivity contribution is 5.85. The van der Waals surface area contributed by atoms with Crippen LogP contribution >= 0.6 is 0 Å². The summed E-state index contributed by atoms with van der Waals surface area (Å²) in [4.78, 5) is 10.5. The van der Waals surface area contributed by atoms with Gasteiger partial charge in [0.15, 0.2) is 6.79 Å². The van der Waals surface area contributed by atoms with Crippen LogP contribution in [0.4, 0.5) is 13.2 Å². The van der Waals surface area contributed by atoms with Crippen molar-refractivity contribution in [1.29, 1.82) is 0 Å². The van der Waals surface area contributed by atoms with Gasteiger partial charge in [-0.25, -0.2) is 4.79 Å². The molecule has 0 aromatic heterocycles. The number of alkyl halides is 3. The zero-order valence-corrected chi connectivity index (χ0v) is 10.6. The van der Waals surface area contributed by atoms with Crippen molar-refractivity contribution < 1.29 is 32.5 Å². The molecule has 0 amide bonds. The average Bonchev–Trinajstić information content (AvgIpc) is 2.32. The maximum Gasteiger partial charge on any atom is 0.411 e. The van der Waals surface area contributed by atoms with Crippen LogP contribution in [-0.2, 0) is 9.53 Å². The number of ether oxygens (including phenoxy) is 2. The van der Waals surface area contributed by atoms with E-state index in [1.54, 1.807) is 19.1 Å². The van der Waals surface area contributed by atoms with Crippen LogP contribution < -0.4 is 4.74 Å². The van der Waals surface area contributed by atoms with Gasteiger partial charge in [-0.05, 0) is 25.1 Å². The van der Waals surface area contributed by atoms with Gasteiger partial charge >= 0.3 is 12.1 Å². The largest absolute Gasteiger partial charge is 0.478 e. The van der Waals surface area contributed by atoms with Gasteiger partial charge in [0.05, 0.1) is 0 Å². The highest BCUT2D eigenvalue weighted by Crippen LogP contribution is 2.22. The summed E-state index contributed by atoms with van der Waals surface area (Å²) in [6, 6.07) is 4.88. The molecule has 1 aromatic carbocycles. The normalized spacial score (nSPS) is 11.8. The summed E-state index contributed by atoms with van der Waals surface area (Å²) in [6.45, 7) is -0.183. The van der Waals surface area contributed by atoms with E-state index in [1.807, 2.05) is 0 Å². The first-order valence-corrected chi connectivity index (χ1v) is 5.57. The first kappa shape index (κ1) is 16.0. The summed E-state index contributed by atoms with van der Waals surface area (Å²) in [7, 11) is 0. The highest BCUT2D eigenvalue weighted by atomic mass is 19.4. The van der Waals surface area contributed by atoms with E-state index in [0.29, 0.717) is 5.56 Å². The third-order valence-corrected chi connectivity index (χ3v) is 2.13. The summed E-state index contributed by atoms with van der Waals surface area (Å²) >= 11 is 0. The van der Waals surface area contributed by atoms with Gasteiger partial charge in [0.25, 0.3) is 0 Å². The molecule has 1 aromatic rings. The van der Waals surface area contributed by atoms with Crippen LogP contribution in [0.1, 0.15) is 11.1 Å². The number of hydrogen-bond donors (Lipinski definition) is 1. The zero-order valence-electron chi connectivity index (χ0n) is 10.6. The van der Waals surface area contributed by atoms with Crippen molar-refractivity contribution >= 4 is 12.0 Å². The molecule has 1 N–H and O–H groups in total. The molecule has 1 rings (SSSR count). The molecule has 0 atom stereocenters. The van der Waals surface area contributed by atoms with E-state index in [2.05, 4.69) is 4.74 Å². The molecule has 0 aliphatic carbocycles. The van der Waals surface area contributed by atoms with Crippen molar-refractivity contribution in [3.63, 3.8) is 0 Å². The third kappa shape index (κ3) is 6.24. The molecule has 7 heteroatoms. The van der Waals surface area contributed by atoms with Crippen LogP contribution in [0.3, 0.4) is 0 Å². The summed E-state index contributed by atoms with van der Waals surface area (Å²) < 4.78 is 45.0. The Morgan fingerprint density at radius 2 is 2.10 bits per heavy atom. The van der Waals surface area contributed by atoms with Crippen molar-refractivity contribution in [2.45, 2.75) is 13.1 Å². The molecule has 0 heterocycles. The molecule has 0 aliphatic heterocycles. The minimum Gasteiger partial charge on any atom is -0.478 e. The second kappa shape index (κ2) is 6.95. The smallest absolute Gasteiger partial charge is 0.411 e. The van der Waals surface area contributed by atoms with Gasteiger partial charge in [-0.3, -0.25) is 0 Å². The molecule has 0 saturated heterocycles. The van der Waals surface area contributed by atoms with E-state index in [9.17, 15) is 18.0 Å². The Hall–Kier alpha value is -2.02. The highest BCUT2D eigenvalue weighted by Gasteiger charge is 2.27. The fourth-order valence-electron chi connectivity index (χ4n) is 1.35. The number of rotatable bonds is 6. The molecule has 0 aliphatic rings. The zero-order chi connectivity index (χ0) is 15.2. The molecule has 0 saturated carbocycles. The third-order valence-electron chi connectivity index (χ3n) is 2.13. The number of carbonyl (C=O) groups is 1. The van der Waals surface area contributed by atoms with Gasteiger partial charge in [0.2, 0.25) is 0 Å². The minimum absolute atomic E-state index is 0.246. The van der Waals surface area contributed by atoms with Crippen molar-refractivity contribution in [3.05, 3.63) is 35.4 Å². The van der Waals surface area contributed by atoms with E-state index < -0.39 is 25.5 Å². The van der Waals surface area contributed by atoms with Crippen LogP contribution in [0.25, 0.3) is 6.08 Å². The Kier molecular flexibility index (Phi) is 5.57. The first-order valence-electron chi connectivity index (χ1n) is 5.57. The van der Waals surface area contributed by atoms with Gasteiger partial charge in [-0.15, -0.1) is 0 Å². The molecular formula is C13H13F3O4. The molecule has 0 fully saturated rings. The fourth-order valence-corrected chi connectivity index (χ4v) is 1.35. The molecule has 20 heavy (non-hydrogen) atoms. The lowest BCUT2D eigenvalue weighted by Gasteiger charge is -2.11. The number of hydrogen-bond acceptors (Lipinski definition) is 3. The molecular weight excluding hydrogens is 277 g/mol. The Bertz CT molecular complexity index is 495. The van der Waals surface area contributed by atoms with Crippen LogP contribution in [0, 0.1) is 6.92 Å². The Labute approximate surface area is 113 Å². The van der Waals surface area contributed by atoms with Gasteiger partial charge in [0, 0.05) is 11.6 Å². The SMILES string of the molecule is Cc1ccc(OCOCC(F)(F)F)c(/C=C/C(=O)O)c1. The van der Waals surface area contributed by atoms with Crippen LogP contribution in [0.2, 0.25) is 0 Å². The van der Waals surface area contributed by atoms with E-state index in [1.165, 1.54) is 12.1 Å². The Balaban J connectivity index is 2.67. The lowest BCUT2D eigenvalue weighted by atomic mass is 10.1. The van der Waals surface area contributed by atoms with Gasteiger partial charge in [-0.1, -0.05) is 11.6 Å². The summed E-state index contributed by atoms with van der Waals surface area (Å²) in [5, 5.41) is 8.56. The van der Waals surface area contributed by atoms with E-state index in [-0.39, 0.29) is 5.75 Å². The van der Waals surface area contributed by atoms with E-state index in [4.69, 9.17) is 9.84 Å². The maximum atomic E-state index is 11.9. The molecule has 0 bridgehead atoms. The number of benzene rings is 1. The molecule has 110 valence electrons. The quantitative estimate of drug-likeness (QED) is 0.497. The second-order valence-corrected chi connectivity index (χ2v) is 3.94. The Morgan fingerprint density at radius 1 is 1.40 bits per heavy atom. The predicted octanol–water partition coefficient (Wildman–Crippen LogP) is 3.01. The minimum atomic E-state index is -4.41. The standard InChI is InChI=1S/C13H13F3O4/c1-9-2-4-11(10(6-9)3-5-12(17)18)20-8-19-7-13(14,15)16/h2-6H,7-8H2,1H3,(H,17,18)/b5-3+. The van der Waals surface area contributed by atoms with Gasteiger partial charge in [-0.2, -0.15) is 13.2 Å². The molecule has 0 radical (unpaired) electrons. The maximum absolute atomic E-state index is 11.9. The van der Waals surface area contributed by atoms with Crippen molar-refractivity contribution in [1.82, 2.24) is 0 Å². The number of aryl methyl sites for hydroxylation is 1. The number of carboxylic acid groups (broad SMARTS) is 1. The topological polar surface area (TPSA) is 55.8 Å². The van der Waals surface area contributed by atoms with Crippen LogP contribution in [0.15, 0.2) is 24.3 Å². The summed E-state index contributed by atoms with van der Waals surface area (Å²) in [5.74, 6) is -0.888. The molecule has 0 unspecified atom stereocenters. The lowest BCUT2D eigenvalue weighted by molar-refractivity contribution is -0.186. The van der Waals surface area contributed by atoms with Crippen molar-refractivity contribution in [3.8, 4) is 5.75 Å². The first-order chi connectivity index (χ1) is 9.28. The van der Waals surface area contributed by atoms with Crippen LogP contribution in [-0.4, -0.2) is 30.7 Å².